The highest BCUT2D eigenvalue weighted by molar-refractivity contribution is 5.93. The van der Waals surface area contributed by atoms with Crippen molar-refractivity contribution < 1.29 is 9.13 Å². The van der Waals surface area contributed by atoms with Crippen LogP contribution in [0.3, 0.4) is 0 Å². The normalized spacial score (nSPS) is 11.7. The van der Waals surface area contributed by atoms with Gasteiger partial charge in [0.2, 0.25) is 0 Å². The summed E-state index contributed by atoms with van der Waals surface area (Å²) in [6.07, 6.45) is 4.63. The number of nitrogen functional groups attached to an aromatic ring is 1. The second-order valence-electron chi connectivity index (χ2n) is 6.77. The molecule has 0 aliphatic carbocycles. The zero-order valence-electron chi connectivity index (χ0n) is 16.8. The minimum Gasteiger partial charge on any atom is -0.495 e. The third-order valence-corrected chi connectivity index (χ3v) is 4.83. The van der Waals surface area contributed by atoms with Crippen molar-refractivity contribution in [3.63, 3.8) is 0 Å². The van der Waals surface area contributed by atoms with Crippen LogP contribution in [-0.2, 0) is 0 Å². The zero-order valence-corrected chi connectivity index (χ0v) is 16.8. The summed E-state index contributed by atoms with van der Waals surface area (Å²) < 4.78 is 19.7. The Morgan fingerprint density at radius 3 is 2.81 bits per heavy atom. The molecule has 1 atom stereocenters. The van der Waals surface area contributed by atoms with Crippen molar-refractivity contribution in [2.24, 2.45) is 0 Å². The molecule has 0 aliphatic rings. The highest BCUT2D eigenvalue weighted by Gasteiger charge is 2.23. The molecule has 4 aromatic rings. The number of hydrogen-bond acceptors (Lipinski definition) is 8. The molecule has 0 aliphatic heterocycles. The van der Waals surface area contributed by atoms with Crippen LogP contribution >= 0.6 is 0 Å². The maximum atomic E-state index is 14.0. The summed E-state index contributed by atoms with van der Waals surface area (Å²) in [7, 11) is 1.53. The maximum absolute atomic E-state index is 14.0. The largest absolute Gasteiger partial charge is 0.495 e. The van der Waals surface area contributed by atoms with E-state index in [0.717, 1.165) is 5.56 Å². The Hall–Kier alpha value is -4.32. The smallest absolute Gasteiger partial charge is 0.150 e. The van der Waals surface area contributed by atoms with Gasteiger partial charge in [-0.3, -0.25) is 4.98 Å². The average Bonchev–Trinajstić information content (AvgIpc) is 2.78. The number of nitrogens with one attached hydrogen (secondary N) is 1. The second-order valence-corrected chi connectivity index (χ2v) is 6.77. The minimum atomic E-state index is -0.417. The molecule has 0 bridgehead atoms. The predicted molar refractivity (Wildman–Crippen MR) is 115 cm³/mol. The van der Waals surface area contributed by atoms with Gasteiger partial charge in [-0.1, -0.05) is 6.07 Å². The van der Waals surface area contributed by atoms with E-state index in [1.807, 2.05) is 19.1 Å². The molecule has 9 heteroatoms. The number of nitrogens with zero attached hydrogens (tertiary/aromatic N) is 5. The van der Waals surface area contributed by atoms with Crippen molar-refractivity contribution in [3.05, 3.63) is 66.1 Å². The molecule has 3 heterocycles. The molecular weight excluding hydrogens is 397 g/mol. The lowest BCUT2D eigenvalue weighted by Gasteiger charge is -2.22. The number of hydrogen-bond donors (Lipinski definition) is 2. The van der Waals surface area contributed by atoms with Crippen LogP contribution < -0.4 is 15.8 Å². The molecule has 0 spiro atoms. The van der Waals surface area contributed by atoms with Crippen molar-refractivity contribution in [2.75, 3.05) is 18.2 Å². The monoisotopic (exact) mass is 415 g/mol. The van der Waals surface area contributed by atoms with E-state index in [1.54, 1.807) is 24.5 Å². The highest BCUT2D eigenvalue weighted by atomic mass is 19.1. The number of rotatable bonds is 5. The summed E-state index contributed by atoms with van der Waals surface area (Å²) in [5.74, 6) is 0.460. The highest BCUT2D eigenvalue weighted by Crippen LogP contribution is 2.41. The number of benzene rings is 1. The van der Waals surface area contributed by atoms with Crippen LogP contribution in [0.5, 0.6) is 5.75 Å². The first-order valence-corrected chi connectivity index (χ1v) is 9.38. The van der Waals surface area contributed by atoms with Gasteiger partial charge in [0.25, 0.3) is 0 Å². The zero-order chi connectivity index (χ0) is 22.0. The number of halogens is 1. The van der Waals surface area contributed by atoms with E-state index in [0.29, 0.717) is 33.7 Å². The number of ether oxygens (including phenoxy) is 1. The average molecular weight is 415 g/mol. The van der Waals surface area contributed by atoms with Crippen LogP contribution in [0.4, 0.5) is 16.0 Å². The molecule has 0 fully saturated rings. The van der Waals surface area contributed by atoms with E-state index in [1.165, 1.54) is 25.6 Å². The third-order valence-electron chi connectivity index (χ3n) is 4.83. The van der Waals surface area contributed by atoms with E-state index in [9.17, 15) is 9.65 Å². The second kappa shape index (κ2) is 8.20. The summed E-state index contributed by atoms with van der Waals surface area (Å²) in [4.78, 5) is 17.0. The topological polar surface area (TPSA) is 123 Å². The molecule has 0 amide bonds. The first-order valence-electron chi connectivity index (χ1n) is 9.38. The van der Waals surface area contributed by atoms with Crippen molar-refractivity contribution in [3.8, 4) is 22.9 Å². The summed E-state index contributed by atoms with van der Waals surface area (Å²) >= 11 is 0. The van der Waals surface area contributed by atoms with Crippen molar-refractivity contribution >= 4 is 22.5 Å². The molecule has 4 rings (SSSR count). The minimum absolute atomic E-state index is 0.0826. The van der Waals surface area contributed by atoms with Gasteiger partial charge in [-0.15, -0.1) is 0 Å². The molecule has 0 saturated heterocycles. The fourth-order valence-corrected chi connectivity index (χ4v) is 3.43. The summed E-state index contributed by atoms with van der Waals surface area (Å²) in [5, 5.41) is 13.2. The van der Waals surface area contributed by atoms with Gasteiger partial charge >= 0.3 is 0 Å². The number of anilines is 2. The van der Waals surface area contributed by atoms with Gasteiger partial charge in [0, 0.05) is 28.9 Å². The third kappa shape index (κ3) is 3.67. The molecule has 0 radical (unpaired) electrons. The van der Waals surface area contributed by atoms with Gasteiger partial charge in [0.15, 0.2) is 0 Å². The van der Waals surface area contributed by atoms with E-state index in [-0.39, 0.29) is 11.4 Å². The standard InChI is InChI=1S/C22H18FN7O/c1-12(29-22-16(9-24)21(25)27-11-28-22)19-18(13-4-3-7-26-10-13)20(31-2)15-8-14(23)5-6-17(15)30-19/h3-8,10-12H,1-2H3,(H3,25,27,28,29)/t12-/m0/s1. The van der Waals surface area contributed by atoms with Gasteiger partial charge in [-0.05, 0) is 31.2 Å². The van der Waals surface area contributed by atoms with E-state index in [4.69, 9.17) is 15.5 Å². The van der Waals surface area contributed by atoms with Gasteiger partial charge < -0.3 is 15.8 Å². The predicted octanol–water partition coefficient (Wildman–Crippen LogP) is 3.86. The fourth-order valence-electron chi connectivity index (χ4n) is 3.43. The SMILES string of the molecule is COc1c(-c2cccnc2)c([C@H](C)Nc2ncnc(N)c2C#N)nc2ccc(F)cc12. The molecule has 3 aromatic heterocycles. The fraction of sp³-hybridized carbons (Fsp3) is 0.136. The van der Waals surface area contributed by atoms with Crippen LogP contribution in [0.25, 0.3) is 22.0 Å². The van der Waals surface area contributed by atoms with Crippen LogP contribution in [0.1, 0.15) is 24.2 Å². The van der Waals surface area contributed by atoms with Gasteiger partial charge in [0.05, 0.1) is 24.4 Å². The molecule has 1 aromatic carbocycles. The number of methoxy groups -OCH3 is 1. The Morgan fingerprint density at radius 1 is 1.26 bits per heavy atom. The molecule has 31 heavy (non-hydrogen) atoms. The number of fused-ring (bicyclic) bond motifs is 1. The van der Waals surface area contributed by atoms with E-state index >= 15 is 0 Å². The van der Waals surface area contributed by atoms with E-state index in [2.05, 4.69) is 20.3 Å². The van der Waals surface area contributed by atoms with Crippen molar-refractivity contribution in [2.45, 2.75) is 13.0 Å². The molecular formula is C22H18FN7O. The Labute approximate surface area is 177 Å². The van der Waals surface area contributed by atoms with Crippen LogP contribution in [0.2, 0.25) is 0 Å². The van der Waals surface area contributed by atoms with Gasteiger partial charge in [0.1, 0.15) is 41.2 Å². The Kier molecular flexibility index (Phi) is 5.28. The number of nitriles is 1. The molecule has 0 unspecified atom stereocenters. The molecule has 154 valence electrons. The number of aromatic nitrogens is 4. The Balaban J connectivity index is 1.94. The summed E-state index contributed by atoms with van der Waals surface area (Å²) in [6.45, 7) is 1.87. The summed E-state index contributed by atoms with van der Waals surface area (Å²) in [6, 6.07) is 9.60. The summed E-state index contributed by atoms with van der Waals surface area (Å²) in [5.41, 5.74) is 8.55. The molecule has 3 N–H and O–H groups in total. The van der Waals surface area contributed by atoms with Crippen LogP contribution in [0.15, 0.2) is 49.1 Å². The van der Waals surface area contributed by atoms with Crippen molar-refractivity contribution in [1.29, 1.82) is 5.26 Å². The van der Waals surface area contributed by atoms with Crippen LogP contribution in [-0.4, -0.2) is 27.0 Å². The quantitative estimate of drug-likeness (QED) is 0.504. The van der Waals surface area contributed by atoms with E-state index < -0.39 is 11.9 Å². The number of nitrogens with two attached hydrogens (primary N) is 1. The Bertz CT molecular complexity index is 1300. The lowest BCUT2D eigenvalue weighted by molar-refractivity contribution is 0.420. The van der Waals surface area contributed by atoms with Crippen molar-refractivity contribution in [1.82, 2.24) is 19.9 Å². The maximum Gasteiger partial charge on any atom is 0.150 e. The number of pyridine rings is 2. The molecule has 8 nitrogen and oxygen atoms in total. The Morgan fingerprint density at radius 2 is 2.10 bits per heavy atom. The van der Waals surface area contributed by atoms with Gasteiger partial charge in [-0.2, -0.15) is 5.26 Å². The van der Waals surface area contributed by atoms with Crippen LogP contribution in [0, 0.1) is 17.1 Å². The lowest BCUT2D eigenvalue weighted by atomic mass is 9.97. The van der Waals surface area contributed by atoms with Gasteiger partial charge in [-0.25, -0.2) is 19.3 Å². The lowest BCUT2D eigenvalue weighted by Crippen LogP contribution is -2.14. The first-order chi connectivity index (χ1) is 15.0. The molecule has 0 saturated carbocycles. The first kappa shape index (κ1) is 20.0.